The van der Waals surface area contributed by atoms with E-state index in [-0.39, 0.29) is 23.3 Å². The van der Waals surface area contributed by atoms with E-state index >= 15 is 0 Å². The van der Waals surface area contributed by atoms with Crippen LogP contribution in [0.2, 0.25) is 0 Å². The average Bonchev–Trinajstić information content (AvgIpc) is 2.47. The fraction of sp³-hybridized carbons (Fsp3) is 0.533. The van der Waals surface area contributed by atoms with E-state index in [9.17, 15) is 14.9 Å². The molecule has 1 fully saturated rings. The second-order valence-corrected chi connectivity index (χ2v) is 5.47. The molecular formula is C15H21N3O3. The van der Waals surface area contributed by atoms with Crippen molar-refractivity contribution in [2.24, 2.45) is 0 Å². The monoisotopic (exact) mass is 291 g/mol. The zero-order chi connectivity index (χ0) is 15.4. The minimum Gasteiger partial charge on any atom is -0.393 e. The molecule has 0 aromatic heterocycles. The number of hydrogen-bond acceptors (Lipinski definition) is 4. The van der Waals surface area contributed by atoms with Crippen LogP contribution in [0.15, 0.2) is 18.2 Å². The minimum atomic E-state index is -0.537. The van der Waals surface area contributed by atoms with E-state index < -0.39 is 4.92 Å². The third-order valence-electron chi connectivity index (χ3n) is 3.98. The Labute approximate surface area is 124 Å². The fourth-order valence-corrected chi connectivity index (χ4v) is 2.92. The van der Waals surface area contributed by atoms with Gasteiger partial charge in [0, 0.05) is 24.2 Å². The fourth-order valence-electron chi connectivity index (χ4n) is 2.92. The Morgan fingerprint density at radius 3 is 2.86 bits per heavy atom. The number of nitrogens with two attached hydrogens (primary N) is 1. The summed E-state index contributed by atoms with van der Waals surface area (Å²) in [5.41, 5.74) is 5.98. The molecule has 6 nitrogen and oxygen atoms in total. The van der Waals surface area contributed by atoms with Gasteiger partial charge in [-0.3, -0.25) is 14.9 Å². The van der Waals surface area contributed by atoms with Crippen molar-refractivity contribution < 1.29 is 9.72 Å². The Morgan fingerprint density at radius 1 is 1.48 bits per heavy atom. The highest BCUT2D eigenvalue weighted by atomic mass is 16.6. The van der Waals surface area contributed by atoms with E-state index in [1.54, 1.807) is 0 Å². The SMILES string of the molecule is CCCC1CCCCN1C(=O)c1ccc([N+](=O)[O-])c(N)c1. The first-order valence-corrected chi connectivity index (χ1v) is 7.39. The summed E-state index contributed by atoms with van der Waals surface area (Å²) in [7, 11) is 0. The van der Waals surface area contributed by atoms with Gasteiger partial charge in [-0.1, -0.05) is 13.3 Å². The number of piperidine rings is 1. The van der Waals surface area contributed by atoms with Crippen LogP contribution in [0.25, 0.3) is 0 Å². The van der Waals surface area contributed by atoms with Gasteiger partial charge in [-0.15, -0.1) is 0 Å². The van der Waals surface area contributed by atoms with Gasteiger partial charge in [0.05, 0.1) is 4.92 Å². The standard InChI is InChI=1S/C15H21N3O3/c1-2-5-12-6-3-4-9-17(12)15(19)11-7-8-14(18(20)21)13(16)10-11/h7-8,10,12H,2-6,9,16H2,1H3. The van der Waals surface area contributed by atoms with Crippen LogP contribution in [-0.2, 0) is 0 Å². The van der Waals surface area contributed by atoms with Gasteiger partial charge in [0.15, 0.2) is 0 Å². The maximum absolute atomic E-state index is 12.6. The van der Waals surface area contributed by atoms with E-state index in [1.165, 1.54) is 18.2 Å². The number of amides is 1. The number of likely N-dealkylation sites (tertiary alicyclic amines) is 1. The molecule has 2 rings (SSSR count). The second-order valence-electron chi connectivity index (χ2n) is 5.47. The minimum absolute atomic E-state index is 0.0369. The normalized spacial score (nSPS) is 18.5. The largest absolute Gasteiger partial charge is 0.393 e. The van der Waals surface area contributed by atoms with Crippen LogP contribution < -0.4 is 5.73 Å². The van der Waals surface area contributed by atoms with E-state index in [0.717, 1.165) is 38.6 Å². The van der Waals surface area contributed by atoms with Crippen LogP contribution in [0.5, 0.6) is 0 Å². The molecule has 1 unspecified atom stereocenters. The Kier molecular flexibility index (Phi) is 4.77. The number of carbonyl (C=O) groups is 1. The number of anilines is 1. The summed E-state index contributed by atoms with van der Waals surface area (Å²) in [4.78, 5) is 24.7. The molecule has 1 saturated heterocycles. The summed E-state index contributed by atoms with van der Waals surface area (Å²) in [5.74, 6) is -0.0743. The number of rotatable bonds is 4. The summed E-state index contributed by atoms with van der Waals surface area (Å²) in [6.45, 7) is 2.86. The van der Waals surface area contributed by atoms with Gasteiger partial charge in [-0.05, 0) is 37.8 Å². The third kappa shape index (κ3) is 3.32. The molecule has 1 aliphatic heterocycles. The Balaban J connectivity index is 2.22. The molecule has 1 atom stereocenters. The molecule has 0 bridgehead atoms. The first-order chi connectivity index (χ1) is 10.0. The summed E-state index contributed by atoms with van der Waals surface area (Å²) in [6.07, 6.45) is 5.22. The quantitative estimate of drug-likeness (QED) is 0.524. The lowest BCUT2D eigenvalue weighted by Crippen LogP contribution is -2.43. The van der Waals surface area contributed by atoms with Gasteiger partial charge in [-0.25, -0.2) is 0 Å². The molecule has 1 heterocycles. The maximum atomic E-state index is 12.6. The van der Waals surface area contributed by atoms with E-state index in [4.69, 9.17) is 5.73 Å². The predicted molar refractivity (Wildman–Crippen MR) is 81.1 cm³/mol. The number of nitrogens with zero attached hydrogens (tertiary/aromatic N) is 2. The summed E-state index contributed by atoms with van der Waals surface area (Å²) < 4.78 is 0. The summed E-state index contributed by atoms with van der Waals surface area (Å²) >= 11 is 0. The van der Waals surface area contributed by atoms with Gasteiger partial charge in [0.2, 0.25) is 0 Å². The van der Waals surface area contributed by atoms with Crippen LogP contribution in [0.3, 0.4) is 0 Å². The molecule has 114 valence electrons. The molecule has 0 saturated carbocycles. The smallest absolute Gasteiger partial charge is 0.292 e. The molecule has 0 spiro atoms. The summed E-state index contributed by atoms with van der Waals surface area (Å²) in [5, 5.41) is 10.8. The maximum Gasteiger partial charge on any atom is 0.292 e. The molecule has 1 amide bonds. The molecule has 1 aromatic carbocycles. The lowest BCUT2D eigenvalue weighted by Gasteiger charge is -2.36. The van der Waals surface area contributed by atoms with Crippen LogP contribution >= 0.6 is 0 Å². The topological polar surface area (TPSA) is 89.5 Å². The second kappa shape index (κ2) is 6.56. The summed E-state index contributed by atoms with van der Waals surface area (Å²) in [6, 6.07) is 4.49. The highest BCUT2D eigenvalue weighted by Crippen LogP contribution is 2.26. The van der Waals surface area contributed by atoms with Gasteiger partial charge in [-0.2, -0.15) is 0 Å². The number of hydrogen-bond donors (Lipinski definition) is 1. The molecule has 21 heavy (non-hydrogen) atoms. The third-order valence-corrected chi connectivity index (χ3v) is 3.98. The number of carbonyl (C=O) groups excluding carboxylic acids is 1. The average molecular weight is 291 g/mol. The van der Waals surface area contributed by atoms with Crippen LogP contribution in [0.4, 0.5) is 11.4 Å². The lowest BCUT2D eigenvalue weighted by molar-refractivity contribution is -0.383. The van der Waals surface area contributed by atoms with Crippen molar-refractivity contribution in [1.82, 2.24) is 4.90 Å². The number of benzene rings is 1. The van der Waals surface area contributed by atoms with Crippen LogP contribution in [0, 0.1) is 10.1 Å². The van der Waals surface area contributed by atoms with Crippen molar-refractivity contribution in [1.29, 1.82) is 0 Å². The van der Waals surface area contributed by atoms with E-state index in [2.05, 4.69) is 6.92 Å². The molecule has 1 aromatic rings. The molecular weight excluding hydrogens is 270 g/mol. The molecule has 0 radical (unpaired) electrons. The molecule has 1 aliphatic rings. The van der Waals surface area contributed by atoms with Crippen molar-refractivity contribution in [3.8, 4) is 0 Å². The first-order valence-electron chi connectivity index (χ1n) is 7.39. The zero-order valence-electron chi connectivity index (χ0n) is 12.2. The molecule has 0 aliphatic carbocycles. The van der Waals surface area contributed by atoms with Crippen molar-refractivity contribution >= 4 is 17.3 Å². The Hall–Kier alpha value is -2.11. The number of nitro groups is 1. The first kappa shape index (κ1) is 15.3. The van der Waals surface area contributed by atoms with Gasteiger partial charge in [0.25, 0.3) is 11.6 Å². The van der Waals surface area contributed by atoms with Crippen molar-refractivity contribution in [2.45, 2.75) is 45.1 Å². The zero-order valence-corrected chi connectivity index (χ0v) is 12.2. The van der Waals surface area contributed by atoms with Crippen LogP contribution in [-0.4, -0.2) is 28.3 Å². The van der Waals surface area contributed by atoms with Crippen molar-refractivity contribution in [3.63, 3.8) is 0 Å². The highest BCUT2D eigenvalue weighted by Gasteiger charge is 2.27. The highest BCUT2D eigenvalue weighted by molar-refractivity contribution is 5.96. The van der Waals surface area contributed by atoms with Gasteiger partial charge >= 0.3 is 0 Å². The van der Waals surface area contributed by atoms with Crippen molar-refractivity contribution in [2.75, 3.05) is 12.3 Å². The van der Waals surface area contributed by atoms with Crippen molar-refractivity contribution in [3.05, 3.63) is 33.9 Å². The van der Waals surface area contributed by atoms with E-state index in [0.29, 0.717) is 5.56 Å². The Bertz CT molecular complexity index is 543. The Morgan fingerprint density at radius 2 is 2.24 bits per heavy atom. The molecule has 6 heteroatoms. The van der Waals surface area contributed by atoms with Gasteiger partial charge < -0.3 is 10.6 Å². The number of nitro benzene ring substituents is 1. The molecule has 2 N–H and O–H groups in total. The van der Waals surface area contributed by atoms with Crippen LogP contribution in [0.1, 0.15) is 49.4 Å². The lowest BCUT2D eigenvalue weighted by atomic mass is 9.97. The van der Waals surface area contributed by atoms with E-state index in [1.807, 2.05) is 4.90 Å². The number of nitrogen functional groups attached to an aromatic ring is 1. The predicted octanol–water partition coefficient (Wildman–Crippen LogP) is 2.97. The van der Waals surface area contributed by atoms with Gasteiger partial charge in [0.1, 0.15) is 5.69 Å².